The summed E-state index contributed by atoms with van der Waals surface area (Å²) in [5, 5.41) is 11.8. The van der Waals surface area contributed by atoms with E-state index in [-0.39, 0.29) is 47.5 Å². The first-order valence-electron chi connectivity index (χ1n) is 13.0. The van der Waals surface area contributed by atoms with Crippen LogP contribution < -0.4 is 15.7 Å². The molecule has 41 heavy (non-hydrogen) atoms. The average molecular weight is 591 g/mol. The monoisotopic (exact) mass is 590 g/mol. The van der Waals surface area contributed by atoms with Gasteiger partial charge in [0, 0.05) is 18.8 Å². The van der Waals surface area contributed by atoms with Crippen molar-refractivity contribution in [3.05, 3.63) is 75.4 Å². The van der Waals surface area contributed by atoms with Crippen molar-refractivity contribution in [2.75, 3.05) is 13.2 Å². The normalized spacial score (nSPS) is 17.2. The van der Waals surface area contributed by atoms with Gasteiger partial charge in [-0.2, -0.15) is 0 Å². The Morgan fingerprint density at radius 3 is 2.56 bits per heavy atom. The smallest absolute Gasteiger partial charge is 0.334 e. The number of aromatic nitrogens is 5. The fourth-order valence-corrected chi connectivity index (χ4v) is 5.25. The molecule has 1 aromatic carbocycles. The van der Waals surface area contributed by atoms with Crippen LogP contribution in [0.15, 0.2) is 47.7 Å². The first-order valence-corrected chi connectivity index (χ1v) is 13.3. The quantitative estimate of drug-likeness (QED) is 0.301. The number of imidazole rings is 1. The van der Waals surface area contributed by atoms with Crippen LogP contribution in [-0.4, -0.2) is 54.4 Å². The molecule has 2 N–H and O–H groups in total. The Morgan fingerprint density at radius 1 is 1.10 bits per heavy atom. The predicted octanol–water partition coefficient (Wildman–Crippen LogP) is 4.07. The molecule has 4 aromatic rings. The van der Waals surface area contributed by atoms with Crippen LogP contribution in [0.4, 0.5) is 13.2 Å². The summed E-state index contributed by atoms with van der Waals surface area (Å²) >= 11 is 5.87. The molecule has 0 saturated heterocycles. The number of amides is 1. The van der Waals surface area contributed by atoms with E-state index in [0.717, 1.165) is 6.20 Å². The van der Waals surface area contributed by atoms with Gasteiger partial charge >= 0.3 is 5.69 Å². The molecule has 10 nitrogen and oxygen atoms in total. The zero-order valence-corrected chi connectivity index (χ0v) is 22.4. The van der Waals surface area contributed by atoms with E-state index in [4.69, 9.17) is 21.4 Å². The van der Waals surface area contributed by atoms with Crippen LogP contribution in [0.1, 0.15) is 48.2 Å². The second-order valence-electron chi connectivity index (χ2n) is 9.72. The van der Waals surface area contributed by atoms with Gasteiger partial charge in [-0.1, -0.05) is 11.6 Å². The molecule has 14 heteroatoms. The number of carbonyl (C=O) groups excluding carboxylic acids is 1. The molecule has 0 spiro atoms. The molecular weight excluding hydrogens is 565 g/mol. The van der Waals surface area contributed by atoms with E-state index in [1.807, 2.05) is 0 Å². The van der Waals surface area contributed by atoms with Crippen molar-refractivity contribution in [2.24, 2.45) is 5.92 Å². The van der Waals surface area contributed by atoms with Crippen molar-refractivity contribution >= 4 is 28.5 Å². The van der Waals surface area contributed by atoms with E-state index in [1.165, 1.54) is 45.8 Å². The van der Waals surface area contributed by atoms with Crippen LogP contribution in [-0.2, 0) is 6.54 Å². The van der Waals surface area contributed by atoms with Crippen molar-refractivity contribution in [1.82, 2.24) is 29.4 Å². The number of halogens is 4. The van der Waals surface area contributed by atoms with Crippen LogP contribution in [0, 0.1) is 11.7 Å². The summed E-state index contributed by atoms with van der Waals surface area (Å²) in [6, 6.07) is 4.99. The molecule has 1 amide bonds. The lowest BCUT2D eigenvalue weighted by molar-refractivity contribution is 0.0904. The summed E-state index contributed by atoms with van der Waals surface area (Å²) in [4.78, 5) is 38.3. The Hall–Kier alpha value is -3.97. The van der Waals surface area contributed by atoms with Crippen LogP contribution in [0.25, 0.3) is 16.9 Å². The molecule has 5 rings (SSSR count). The van der Waals surface area contributed by atoms with Gasteiger partial charge in [-0.05, 0) is 55.9 Å². The SMILES string of the molecule is O=C(N[C@H]1CC[C@H](Cn2c(=O)n(-c3cnc(OCCO)cn3)c3ccc(F)cc32)CC1)c1cc(Cl)cnc1C(F)F. The van der Waals surface area contributed by atoms with Crippen LogP contribution in [0.3, 0.4) is 0 Å². The summed E-state index contributed by atoms with van der Waals surface area (Å²) in [6.07, 6.45) is 3.28. The van der Waals surface area contributed by atoms with E-state index in [2.05, 4.69) is 20.3 Å². The lowest BCUT2D eigenvalue weighted by Gasteiger charge is -2.29. The highest BCUT2D eigenvalue weighted by atomic mass is 35.5. The molecule has 216 valence electrons. The van der Waals surface area contributed by atoms with Crippen LogP contribution in [0.5, 0.6) is 5.88 Å². The Bertz CT molecular complexity index is 1600. The van der Waals surface area contributed by atoms with Crippen LogP contribution >= 0.6 is 11.6 Å². The van der Waals surface area contributed by atoms with E-state index in [0.29, 0.717) is 43.3 Å². The second-order valence-corrected chi connectivity index (χ2v) is 10.2. The van der Waals surface area contributed by atoms with E-state index in [1.54, 1.807) is 0 Å². The highest BCUT2D eigenvalue weighted by molar-refractivity contribution is 6.30. The average Bonchev–Trinajstić information content (AvgIpc) is 3.23. The van der Waals surface area contributed by atoms with Crippen molar-refractivity contribution in [3.8, 4) is 11.7 Å². The molecule has 0 aliphatic heterocycles. The number of rotatable bonds is 9. The number of nitrogens with one attached hydrogen (secondary N) is 1. The van der Waals surface area contributed by atoms with Gasteiger partial charge in [0.05, 0.1) is 40.6 Å². The van der Waals surface area contributed by atoms with E-state index < -0.39 is 29.5 Å². The van der Waals surface area contributed by atoms with Gasteiger partial charge in [0.25, 0.3) is 12.3 Å². The number of hydrogen-bond acceptors (Lipinski definition) is 7. The van der Waals surface area contributed by atoms with Gasteiger partial charge in [-0.3, -0.25) is 14.3 Å². The molecule has 1 fully saturated rings. The third-order valence-corrected chi connectivity index (χ3v) is 7.24. The molecule has 0 bridgehead atoms. The minimum absolute atomic E-state index is 0.0487. The lowest BCUT2D eigenvalue weighted by Crippen LogP contribution is -2.39. The Morgan fingerprint density at radius 2 is 1.88 bits per heavy atom. The Balaban J connectivity index is 1.31. The van der Waals surface area contributed by atoms with Crippen molar-refractivity contribution < 1.29 is 27.8 Å². The first-order chi connectivity index (χ1) is 19.7. The fraction of sp³-hybridized carbons (Fsp3) is 0.370. The molecule has 3 aromatic heterocycles. The lowest BCUT2D eigenvalue weighted by atomic mass is 9.85. The van der Waals surface area contributed by atoms with Gasteiger partial charge in [-0.25, -0.2) is 32.5 Å². The minimum Gasteiger partial charge on any atom is -0.474 e. The van der Waals surface area contributed by atoms with E-state index >= 15 is 0 Å². The summed E-state index contributed by atoms with van der Waals surface area (Å²) < 4.78 is 49.0. The van der Waals surface area contributed by atoms with Crippen molar-refractivity contribution in [3.63, 3.8) is 0 Å². The van der Waals surface area contributed by atoms with E-state index in [9.17, 15) is 22.8 Å². The van der Waals surface area contributed by atoms with Crippen LogP contribution in [0.2, 0.25) is 5.02 Å². The third-order valence-electron chi connectivity index (χ3n) is 7.04. The number of aliphatic hydroxyl groups is 1. The van der Waals surface area contributed by atoms with Gasteiger partial charge in [-0.15, -0.1) is 0 Å². The second kappa shape index (κ2) is 12.3. The van der Waals surface area contributed by atoms with Crippen molar-refractivity contribution in [1.29, 1.82) is 0 Å². The first kappa shape index (κ1) is 28.6. The Labute approximate surface area is 236 Å². The van der Waals surface area contributed by atoms with Gasteiger partial charge in [0.1, 0.15) is 18.1 Å². The van der Waals surface area contributed by atoms with Crippen molar-refractivity contribution in [2.45, 2.75) is 44.7 Å². The number of nitrogens with zero attached hydrogens (tertiary/aromatic N) is 5. The summed E-state index contributed by atoms with van der Waals surface area (Å²) in [7, 11) is 0. The Kier molecular flexibility index (Phi) is 8.54. The number of hydrogen-bond donors (Lipinski definition) is 2. The number of benzene rings is 1. The molecule has 1 aliphatic carbocycles. The highest BCUT2D eigenvalue weighted by Gasteiger charge is 2.27. The molecule has 1 aliphatic rings. The highest BCUT2D eigenvalue weighted by Crippen LogP contribution is 2.29. The molecule has 0 unspecified atom stereocenters. The number of fused-ring (bicyclic) bond motifs is 1. The summed E-state index contributed by atoms with van der Waals surface area (Å²) in [5.74, 6) is -0.693. The number of ether oxygens (including phenoxy) is 1. The molecule has 0 radical (unpaired) electrons. The predicted molar refractivity (Wildman–Crippen MR) is 143 cm³/mol. The largest absolute Gasteiger partial charge is 0.474 e. The topological polar surface area (TPSA) is 124 Å². The fourth-order valence-electron chi connectivity index (χ4n) is 5.09. The molecule has 1 saturated carbocycles. The molecule has 3 heterocycles. The summed E-state index contributed by atoms with van der Waals surface area (Å²) in [6.45, 7) is 0.174. The maximum absolute atomic E-state index is 14.2. The minimum atomic E-state index is -2.92. The number of alkyl halides is 2. The molecular formula is C27H26ClF3N6O4. The zero-order valence-electron chi connectivity index (χ0n) is 21.6. The van der Waals surface area contributed by atoms with Gasteiger partial charge in [0.2, 0.25) is 5.88 Å². The number of carbonyl (C=O) groups is 1. The van der Waals surface area contributed by atoms with Gasteiger partial charge in [0.15, 0.2) is 5.82 Å². The zero-order chi connectivity index (χ0) is 29.1. The maximum atomic E-state index is 14.2. The number of pyridine rings is 1. The maximum Gasteiger partial charge on any atom is 0.334 e. The molecule has 0 atom stereocenters. The van der Waals surface area contributed by atoms with Gasteiger partial charge < -0.3 is 15.2 Å². The number of aliphatic hydroxyl groups excluding tert-OH is 1. The summed E-state index contributed by atoms with van der Waals surface area (Å²) in [5.41, 5.74) is -0.429. The standard InChI is InChI=1S/C27H26ClF3N6O4/c28-16-9-19(24(25(30)31)34-11-16)26(39)35-18-4-1-15(2-5-18)14-36-21-10-17(29)3-6-20(21)37(27(36)40)22-12-33-23(13-32-22)41-8-7-38/h3,6,9-13,15,18,25,38H,1-2,4-5,7-8,14H2,(H,35,39)/t15-,18-. The third kappa shape index (κ3) is 6.20.